The van der Waals surface area contributed by atoms with Crippen LogP contribution in [0.1, 0.15) is 25.5 Å². The van der Waals surface area contributed by atoms with E-state index in [1.165, 1.54) is 25.9 Å². The molecule has 3 heterocycles. The average molecular weight is 262 g/mol. The minimum atomic E-state index is 0.608. The molecule has 0 atom stereocenters. The van der Waals surface area contributed by atoms with Crippen molar-refractivity contribution in [1.29, 1.82) is 0 Å². The molecule has 2 aromatic heterocycles. The molecule has 1 aliphatic heterocycles. The van der Waals surface area contributed by atoms with E-state index >= 15 is 0 Å². The first kappa shape index (κ1) is 12.5. The Hall–Kier alpha value is -1.56. The molecule has 0 spiro atoms. The molecule has 0 aliphatic carbocycles. The number of imidazole rings is 1. The summed E-state index contributed by atoms with van der Waals surface area (Å²) in [5, 5.41) is 4.51. The molecule has 6 heteroatoms. The van der Waals surface area contributed by atoms with Crippen LogP contribution in [0.5, 0.6) is 0 Å². The lowest BCUT2D eigenvalue weighted by atomic mass is 10.3. The third kappa shape index (κ3) is 2.10. The van der Waals surface area contributed by atoms with Crippen molar-refractivity contribution < 1.29 is 0 Å². The lowest BCUT2D eigenvalue weighted by Gasteiger charge is -2.15. The second-order valence-corrected chi connectivity index (χ2v) is 5.27. The molecule has 0 amide bonds. The van der Waals surface area contributed by atoms with Gasteiger partial charge in [-0.3, -0.25) is 9.25 Å². The number of nitrogens with zero attached hydrogens (tertiary/aromatic N) is 5. The second kappa shape index (κ2) is 4.85. The smallest absolute Gasteiger partial charge is 0.202 e. The lowest BCUT2D eigenvalue weighted by Crippen LogP contribution is -2.24. The van der Waals surface area contributed by atoms with Crippen molar-refractivity contribution in [2.75, 3.05) is 25.4 Å². The van der Waals surface area contributed by atoms with Gasteiger partial charge in [0.25, 0.3) is 0 Å². The van der Waals surface area contributed by atoms with Gasteiger partial charge in [0.15, 0.2) is 5.65 Å². The van der Waals surface area contributed by atoms with Gasteiger partial charge in [-0.15, -0.1) is 0 Å². The van der Waals surface area contributed by atoms with Gasteiger partial charge in [0, 0.05) is 20.1 Å². The molecular weight excluding hydrogens is 240 g/mol. The van der Waals surface area contributed by atoms with Crippen LogP contribution in [-0.2, 0) is 20.0 Å². The Balaban J connectivity index is 1.89. The Morgan fingerprint density at radius 3 is 2.63 bits per heavy atom. The van der Waals surface area contributed by atoms with Gasteiger partial charge in [-0.2, -0.15) is 5.10 Å². The van der Waals surface area contributed by atoms with Gasteiger partial charge in [0.05, 0.1) is 5.69 Å². The summed E-state index contributed by atoms with van der Waals surface area (Å²) in [5.41, 5.74) is 9.11. The summed E-state index contributed by atoms with van der Waals surface area (Å²) < 4.78 is 4.00. The van der Waals surface area contributed by atoms with E-state index in [9.17, 15) is 0 Å². The van der Waals surface area contributed by atoms with Crippen molar-refractivity contribution in [3.8, 4) is 0 Å². The minimum absolute atomic E-state index is 0.608. The van der Waals surface area contributed by atoms with Crippen molar-refractivity contribution in [1.82, 2.24) is 24.2 Å². The summed E-state index contributed by atoms with van der Waals surface area (Å²) >= 11 is 0. The van der Waals surface area contributed by atoms with Gasteiger partial charge in [0.1, 0.15) is 5.52 Å². The Morgan fingerprint density at radius 2 is 1.95 bits per heavy atom. The van der Waals surface area contributed by atoms with E-state index in [0.717, 1.165) is 36.4 Å². The Bertz CT molecular complexity index is 575. The lowest BCUT2D eigenvalue weighted by molar-refractivity contribution is 0.324. The van der Waals surface area contributed by atoms with Gasteiger partial charge < -0.3 is 10.6 Å². The average Bonchev–Trinajstić information content (AvgIpc) is 3.06. The van der Waals surface area contributed by atoms with Crippen molar-refractivity contribution >= 4 is 17.1 Å². The highest BCUT2D eigenvalue weighted by Gasteiger charge is 2.18. The number of nitrogens with two attached hydrogens (primary N) is 1. The van der Waals surface area contributed by atoms with Gasteiger partial charge in [-0.1, -0.05) is 6.92 Å². The molecule has 2 aromatic rings. The quantitative estimate of drug-likeness (QED) is 0.893. The van der Waals surface area contributed by atoms with E-state index < -0.39 is 0 Å². The van der Waals surface area contributed by atoms with Crippen LogP contribution >= 0.6 is 0 Å². The van der Waals surface area contributed by atoms with Crippen LogP contribution in [0.3, 0.4) is 0 Å². The molecule has 1 fully saturated rings. The third-order valence-corrected chi connectivity index (χ3v) is 3.99. The molecule has 3 rings (SSSR count). The van der Waals surface area contributed by atoms with Gasteiger partial charge in [-0.05, 0) is 32.4 Å². The predicted molar refractivity (Wildman–Crippen MR) is 76.0 cm³/mol. The van der Waals surface area contributed by atoms with E-state index in [1.807, 2.05) is 11.7 Å². The van der Waals surface area contributed by atoms with Crippen LogP contribution in [0.2, 0.25) is 0 Å². The van der Waals surface area contributed by atoms with Crippen LogP contribution in [-0.4, -0.2) is 43.9 Å². The maximum atomic E-state index is 6.07. The molecule has 0 saturated carbocycles. The van der Waals surface area contributed by atoms with Crippen molar-refractivity contribution in [3.63, 3.8) is 0 Å². The van der Waals surface area contributed by atoms with Gasteiger partial charge in [0.2, 0.25) is 5.95 Å². The number of anilines is 1. The molecule has 0 radical (unpaired) electrons. The fraction of sp³-hybridized carbons (Fsp3) is 0.692. The van der Waals surface area contributed by atoms with Crippen LogP contribution in [0.15, 0.2) is 0 Å². The summed E-state index contributed by atoms with van der Waals surface area (Å²) in [5.74, 6) is 0.608. The Morgan fingerprint density at radius 1 is 1.21 bits per heavy atom. The largest absolute Gasteiger partial charge is 0.369 e. The number of hydrogen-bond acceptors (Lipinski definition) is 4. The number of rotatable bonds is 4. The SMILES string of the molecule is CCc1nn(C)c2c1nc(N)n2CCN1CCCC1. The van der Waals surface area contributed by atoms with E-state index in [1.54, 1.807) is 0 Å². The highest BCUT2D eigenvalue weighted by molar-refractivity contribution is 5.77. The maximum absolute atomic E-state index is 6.07. The van der Waals surface area contributed by atoms with E-state index in [4.69, 9.17) is 5.73 Å². The van der Waals surface area contributed by atoms with Crippen molar-refractivity contribution in [3.05, 3.63) is 5.69 Å². The van der Waals surface area contributed by atoms with Crippen LogP contribution in [0.25, 0.3) is 11.2 Å². The molecule has 1 aliphatic rings. The third-order valence-electron chi connectivity index (χ3n) is 3.99. The van der Waals surface area contributed by atoms with E-state index in [-0.39, 0.29) is 0 Å². The fourth-order valence-electron chi connectivity index (χ4n) is 2.96. The standard InChI is InChI=1S/C13H22N6/c1-3-10-11-12(17(2)16-10)19(13(14)15-11)9-8-18-6-4-5-7-18/h3-9H2,1-2H3,(H2,14,15). The monoisotopic (exact) mass is 262 g/mol. The van der Waals surface area contributed by atoms with Gasteiger partial charge >= 0.3 is 0 Å². The Kier molecular flexibility index (Phi) is 3.18. The Labute approximate surface area is 113 Å². The zero-order valence-electron chi connectivity index (χ0n) is 11.8. The van der Waals surface area contributed by atoms with E-state index in [2.05, 4.69) is 26.5 Å². The molecular formula is C13H22N6. The summed E-state index contributed by atoms with van der Waals surface area (Å²) in [4.78, 5) is 6.98. The summed E-state index contributed by atoms with van der Waals surface area (Å²) in [7, 11) is 1.97. The topological polar surface area (TPSA) is 64.9 Å². The number of likely N-dealkylation sites (tertiary alicyclic amines) is 1. The summed E-state index contributed by atoms with van der Waals surface area (Å²) in [6, 6.07) is 0. The van der Waals surface area contributed by atoms with Crippen LogP contribution < -0.4 is 5.73 Å². The normalized spacial score (nSPS) is 16.7. The zero-order chi connectivity index (χ0) is 13.4. The summed E-state index contributed by atoms with van der Waals surface area (Å²) in [6.07, 6.45) is 3.53. The molecule has 0 unspecified atom stereocenters. The number of nitrogen functional groups attached to an aromatic ring is 1. The van der Waals surface area contributed by atoms with Crippen molar-refractivity contribution in [2.45, 2.75) is 32.7 Å². The van der Waals surface area contributed by atoms with Crippen molar-refractivity contribution in [2.24, 2.45) is 7.05 Å². The first-order valence-electron chi connectivity index (χ1n) is 7.10. The number of aryl methyl sites for hydroxylation is 2. The first-order chi connectivity index (χ1) is 9.20. The highest BCUT2D eigenvalue weighted by Crippen LogP contribution is 2.21. The highest BCUT2D eigenvalue weighted by atomic mass is 15.4. The number of hydrogen-bond donors (Lipinski definition) is 1. The predicted octanol–water partition coefficient (Wildman–Crippen LogP) is 1.01. The molecule has 1 saturated heterocycles. The second-order valence-electron chi connectivity index (χ2n) is 5.27. The first-order valence-corrected chi connectivity index (χ1v) is 7.10. The summed E-state index contributed by atoms with van der Waals surface area (Å²) in [6.45, 7) is 6.46. The molecule has 0 bridgehead atoms. The molecule has 0 aromatic carbocycles. The van der Waals surface area contributed by atoms with E-state index in [0.29, 0.717) is 5.95 Å². The minimum Gasteiger partial charge on any atom is -0.369 e. The molecule has 19 heavy (non-hydrogen) atoms. The van der Waals surface area contributed by atoms with Gasteiger partial charge in [-0.25, -0.2) is 4.98 Å². The molecule has 2 N–H and O–H groups in total. The van der Waals surface area contributed by atoms with Crippen LogP contribution in [0.4, 0.5) is 5.95 Å². The molecule has 6 nitrogen and oxygen atoms in total. The zero-order valence-corrected chi connectivity index (χ0v) is 11.8. The maximum Gasteiger partial charge on any atom is 0.202 e. The number of aromatic nitrogens is 4. The van der Waals surface area contributed by atoms with Crippen LogP contribution in [0, 0.1) is 0 Å². The fourth-order valence-corrected chi connectivity index (χ4v) is 2.96. The number of fused-ring (bicyclic) bond motifs is 1. The molecule has 104 valence electrons.